The first-order chi connectivity index (χ1) is 6.24. The van der Waals surface area contributed by atoms with E-state index in [0.717, 1.165) is 12.4 Å². The Morgan fingerprint density at radius 1 is 1.46 bits per heavy atom. The Hall–Kier alpha value is 0.270. The smallest absolute Gasteiger partial charge is 0.0728 e. The van der Waals surface area contributed by atoms with Crippen LogP contribution in [0.5, 0.6) is 0 Å². The molecule has 0 aliphatic heterocycles. The van der Waals surface area contributed by atoms with Crippen molar-refractivity contribution < 1.29 is 4.74 Å². The first kappa shape index (κ1) is 11.3. The van der Waals surface area contributed by atoms with E-state index >= 15 is 0 Å². The number of rotatable bonds is 5. The van der Waals surface area contributed by atoms with E-state index in [4.69, 9.17) is 4.74 Å². The first-order valence-electron chi connectivity index (χ1n) is 5.22. The summed E-state index contributed by atoms with van der Waals surface area (Å²) < 4.78 is 5.73. The Kier molecular flexibility index (Phi) is 5.14. The Morgan fingerprint density at radius 3 is 2.85 bits per heavy atom. The van der Waals surface area contributed by atoms with Crippen molar-refractivity contribution in [1.82, 2.24) is 5.32 Å². The van der Waals surface area contributed by atoms with Crippen molar-refractivity contribution in [1.29, 1.82) is 0 Å². The van der Waals surface area contributed by atoms with E-state index in [1.165, 1.54) is 19.3 Å². The van der Waals surface area contributed by atoms with Gasteiger partial charge in [-0.05, 0) is 19.3 Å². The van der Waals surface area contributed by atoms with Gasteiger partial charge in [-0.2, -0.15) is 12.6 Å². The Balaban J connectivity index is 2.26. The summed E-state index contributed by atoms with van der Waals surface area (Å²) in [7, 11) is 0. The molecule has 0 spiro atoms. The summed E-state index contributed by atoms with van der Waals surface area (Å²) in [5.41, 5.74) is 0. The highest BCUT2D eigenvalue weighted by atomic mass is 32.1. The molecular weight excluding hydrogens is 182 g/mol. The van der Waals surface area contributed by atoms with Crippen LogP contribution in [-0.2, 0) is 4.74 Å². The standard InChI is InChI=1S/C10H21NOS/c1-8(2)11-9-4-3-5-10(9)12-6-7-13/h8-11,13H,3-7H2,1-2H3/t9-,10-/m1/s1. The quantitative estimate of drug-likeness (QED) is 0.665. The van der Waals surface area contributed by atoms with Gasteiger partial charge >= 0.3 is 0 Å². The van der Waals surface area contributed by atoms with Gasteiger partial charge in [0.25, 0.3) is 0 Å². The second kappa shape index (κ2) is 5.89. The SMILES string of the molecule is CC(C)N[C@@H]1CCC[C@H]1OCCS. The summed E-state index contributed by atoms with van der Waals surface area (Å²) in [6.45, 7) is 5.16. The minimum atomic E-state index is 0.426. The summed E-state index contributed by atoms with van der Waals surface area (Å²) in [6.07, 6.45) is 4.18. The molecule has 2 atom stereocenters. The third kappa shape index (κ3) is 3.88. The lowest BCUT2D eigenvalue weighted by atomic mass is 10.2. The maximum absolute atomic E-state index is 5.73. The van der Waals surface area contributed by atoms with Crippen LogP contribution in [0.25, 0.3) is 0 Å². The Labute approximate surface area is 86.8 Å². The molecule has 13 heavy (non-hydrogen) atoms. The molecule has 1 rings (SSSR count). The lowest BCUT2D eigenvalue weighted by Crippen LogP contribution is -2.41. The molecule has 1 aliphatic rings. The molecule has 1 aliphatic carbocycles. The summed E-state index contributed by atoms with van der Waals surface area (Å²) in [5.74, 6) is 0.824. The molecule has 0 heterocycles. The average Bonchev–Trinajstić information content (AvgIpc) is 2.48. The van der Waals surface area contributed by atoms with Gasteiger partial charge in [0.1, 0.15) is 0 Å². The highest BCUT2D eigenvalue weighted by Crippen LogP contribution is 2.22. The summed E-state index contributed by atoms with van der Waals surface area (Å²) in [6, 6.07) is 1.13. The fraction of sp³-hybridized carbons (Fsp3) is 1.00. The fourth-order valence-corrected chi connectivity index (χ4v) is 2.05. The molecule has 0 saturated heterocycles. The molecule has 0 aromatic heterocycles. The van der Waals surface area contributed by atoms with Crippen LogP contribution in [0.3, 0.4) is 0 Å². The molecule has 0 aromatic rings. The first-order valence-corrected chi connectivity index (χ1v) is 5.85. The van der Waals surface area contributed by atoms with Gasteiger partial charge in [-0.1, -0.05) is 13.8 Å². The maximum Gasteiger partial charge on any atom is 0.0728 e. The van der Waals surface area contributed by atoms with Gasteiger partial charge in [-0.15, -0.1) is 0 Å². The van der Waals surface area contributed by atoms with Crippen molar-refractivity contribution in [3.05, 3.63) is 0 Å². The van der Waals surface area contributed by atoms with Crippen LogP contribution in [0.4, 0.5) is 0 Å². The number of hydrogen-bond donors (Lipinski definition) is 2. The number of ether oxygens (including phenoxy) is 1. The van der Waals surface area contributed by atoms with E-state index in [0.29, 0.717) is 18.2 Å². The Bertz CT molecular complexity index is 141. The fourth-order valence-electron chi connectivity index (χ4n) is 1.95. The van der Waals surface area contributed by atoms with Gasteiger partial charge in [0.05, 0.1) is 12.7 Å². The lowest BCUT2D eigenvalue weighted by molar-refractivity contribution is 0.0488. The molecule has 0 aromatic carbocycles. The van der Waals surface area contributed by atoms with Gasteiger partial charge in [-0.3, -0.25) is 0 Å². The van der Waals surface area contributed by atoms with E-state index < -0.39 is 0 Å². The lowest BCUT2D eigenvalue weighted by Gasteiger charge is -2.23. The molecule has 0 amide bonds. The zero-order valence-electron chi connectivity index (χ0n) is 8.62. The van der Waals surface area contributed by atoms with Crippen LogP contribution < -0.4 is 5.32 Å². The number of hydrogen-bond acceptors (Lipinski definition) is 3. The van der Waals surface area contributed by atoms with E-state index in [2.05, 4.69) is 31.8 Å². The van der Waals surface area contributed by atoms with Crippen LogP contribution in [-0.4, -0.2) is 30.5 Å². The third-order valence-electron chi connectivity index (χ3n) is 2.42. The Morgan fingerprint density at radius 2 is 2.23 bits per heavy atom. The molecular formula is C10H21NOS. The van der Waals surface area contributed by atoms with Gasteiger partial charge in [-0.25, -0.2) is 0 Å². The molecule has 0 radical (unpaired) electrons. The van der Waals surface area contributed by atoms with Crippen LogP contribution in [0, 0.1) is 0 Å². The predicted molar refractivity (Wildman–Crippen MR) is 59.5 cm³/mol. The normalized spacial score (nSPS) is 28.6. The summed E-state index contributed by atoms with van der Waals surface area (Å²) in [5, 5.41) is 3.55. The van der Waals surface area contributed by atoms with Gasteiger partial charge in [0.15, 0.2) is 0 Å². The van der Waals surface area contributed by atoms with Crippen molar-refractivity contribution >= 4 is 12.6 Å². The molecule has 0 unspecified atom stereocenters. The third-order valence-corrected chi connectivity index (χ3v) is 2.61. The molecule has 3 heteroatoms. The van der Waals surface area contributed by atoms with Crippen molar-refractivity contribution in [2.45, 2.75) is 51.3 Å². The van der Waals surface area contributed by atoms with Crippen molar-refractivity contribution in [2.75, 3.05) is 12.4 Å². The second-order valence-electron chi connectivity index (χ2n) is 3.99. The molecule has 78 valence electrons. The van der Waals surface area contributed by atoms with Crippen LogP contribution in [0.15, 0.2) is 0 Å². The second-order valence-corrected chi connectivity index (χ2v) is 4.44. The predicted octanol–water partition coefficient (Wildman–Crippen LogP) is 1.85. The highest BCUT2D eigenvalue weighted by Gasteiger charge is 2.27. The molecule has 1 N–H and O–H groups in total. The zero-order chi connectivity index (χ0) is 9.68. The minimum Gasteiger partial charge on any atom is -0.376 e. The monoisotopic (exact) mass is 203 g/mol. The largest absolute Gasteiger partial charge is 0.376 e. The van der Waals surface area contributed by atoms with E-state index in [-0.39, 0.29) is 0 Å². The highest BCUT2D eigenvalue weighted by molar-refractivity contribution is 7.80. The molecule has 0 bridgehead atoms. The van der Waals surface area contributed by atoms with E-state index in [9.17, 15) is 0 Å². The van der Waals surface area contributed by atoms with Crippen molar-refractivity contribution in [3.8, 4) is 0 Å². The maximum atomic E-state index is 5.73. The van der Waals surface area contributed by atoms with Crippen molar-refractivity contribution in [2.24, 2.45) is 0 Å². The van der Waals surface area contributed by atoms with Crippen molar-refractivity contribution in [3.63, 3.8) is 0 Å². The topological polar surface area (TPSA) is 21.3 Å². The summed E-state index contributed by atoms with van der Waals surface area (Å²) >= 11 is 4.15. The van der Waals surface area contributed by atoms with Gasteiger partial charge < -0.3 is 10.1 Å². The van der Waals surface area contributed by atoms with Gasteiger partial charge in [0, 0.05) is 17.8 Å². The number of thiol groups is 1. The molecule has 1 fully saturated rings. The van der Waals surface area contributed by atoms with Crippen LogP contribution in [0.1, 0.15) is 33.1 Å². The number of nitrogens with one attached hydrogen (secondary N) is 1. The van der Waals surface area contributed by atoms with E-state index in [1.807, 2.05) is 0 Å². The zero-order valence-corrected chi connectivity index (χ0v) is 9.52. The van der Waals surface area contributed by atoms with Gasteiger partial charge in [0.2, 0.25) is 0 Å². The molecule has 2 nitrogen and oxygen atoms in total. The average molecular weight is 203 g/mol. The van der Waals surface area contributed by atoms with Crippen LogP contribution >= 0.6 is 12.6 Å². The summed E-state index contributed by atoms with van der Waals surface area (Å²) in [4.78, 5) is 0. The minimum absolute atomic E-state index is 0.426. The van der Waals surface area contributed by atoms with E-state index in [1.54, 1.807) is 0 Å². The molecule has 1 saturated carbocycles. The van der Waals surface area contributed by atoms with Crippen LogP contribution in [0.2, 0.25) is 0 Å².